The summed E-state index contributed by atoms with van der Waals surface area (Å²) in [6.45, 7) is 2.24. The number of hydrogen-bond acceptors (Lipinski definition) is 3. The number of methoxy groups -OCH3 is 1. The van der Waals surface area contributed by atoms with Crippen LogP contribution in [0.1, 0.15) is 32.1 Å². The largest absolute Gasteiger partial charge is 0.469 e. The van der Waals surface area contributed by atoms with Gasteiger partial charge in [-0.3, -0.25) is 4.79 Å². The monoisotopic (exact) mass is 211 g/mol. The van der Waals surface area contributed by atoms with Crippen molar-refractivity contribution in [2.24, 2.45) is 17.8 Å². The summed E-state index contributed by atoms with van der Waals surface area (Å²) in [6, 6.07) is 0. The molecule has 1 aliphatic heterocycles. The predicted octanol–water partition coefficient (Wildman–Crippen LogP) is 1.58. The van der Waals surface area contributed by atoms with Gasteiger partial charge in [0.1, 0.15) is 0 Å². The fourth-order valence-electron chi connectivity index (χ4n) is 3.27. The molecule has 0 radical (unpaired) electrons. The van der Waals surface area contributed by atoms with Crippen molar-refractivity contribution >= 4 is 5.97 Å². The van der Waals surface area contributed by atoms with Crippen LogP contribution in [0.2, 0.25) is 0 Å². The van der Waals surface area contributed by atoms with Crippen molar-refractivity contribution in [3.05, 3.63) is 0 Å². The van der Waals surface area contributed by atoms with Gasteiger partial charge in [0.25, 0.3) is 0 Å². The molecule has 1 aliphatic carbocycles. The zero-order valence-electron chi connectivity index (χ0n) is 9.50. The predicted molar refractivity (Wildman–Crippen MR) is 58.4 cm³/mol. The molecule has 0 aromatic rings. The Bertz CT molecular complexity index is 224. The third kappa shape index (κ3) is 2.33. The quantitative estimate of drug-likeness (QED) is 0.705. The van der Waals surface area contributed by atoms with Crippen LogP contribution in [-0.2, 0) is 9.53 Å². The maximum absolute atomic E-state index is 11.6. The minimum atomic E-state index is 0.0241. The van der Waals surface area contributed by atoms with E-state index in [1.807, 2.05) is 0 Å². The van der Waals surface area contributed by atoms with Crippen LogP contribution in [0.15, 0.2) is 0 Å². The van der Waals surface area contributed by atoms with Crippen LogP contribution >= 0.6 is 0 Å². The van der Waals surface area contributed by atoms with Crippen LogP contribution in [0.4, 0.5) is 0 Å². The van der Waals surface area contributed by atoms with E-state index in [0.29, 0.717) is 5.92 Å². The minimum Gasteiger partial charge on any atom is -0.469 e. The highest BCUT2D eigenvalue weighted by Gasteiger charge is 2.38. The molecule has 0 bridgehead atoms. The first-order valence-corrected chi connectivity index (χ1v) is 6.11. The number of nitrogens with one attached hydrogen (secondary N) is 1. The zero-order chi connectivity index (χ0) is 10.7. The molecule has 0 aromatic heterocycles. The second-order valence-electron chi connectivity index (χ2n) is 4.81. The average molecular weight is 211 g/mol. The molecule has 1 saturated heterocycles. The Labute approximate surface area is 91.6 Å². The molecule has 1 heterocycles. The summed E-state index contributed by atoms with van der Waals surface area (Å²) >= 11 is 0. The highest BCUT2D eigenvalue weighted by Crippen LogP contribution is 2.40. The van der Waals surface area contributed by atoms with Crippen molar-refractivity contribution in [1.29, 1.82) is 0 Å². The summed E-state index contributed by atoms with van der Waals surface area (Å²) in [5.41, 5.74) is 0. The van der Waals surface area contributed by atoms with Gasteiger partial charge in [-0.2, -0.15) is 0 Å². The third-order valence-corrected chi connectivity index (χ3v) is 4.06. The fraction of sp³-hybridized carbons (Fsp3) is 0.917. The third-order valence-electron chi connectivity index (χ3n) is 4.06. The topological polar surface area (TPSA) is 38.3 Å². The van der Waals surface area contributed by atoms with Gasteiger partial charge in [0.05, 0.1) is 13.0 Å². The molecule has 3 nitrogen and oxygen atoms in total. The van der Waals surface area contributed by atoms with Gasteiger partial charge in [-0.05, 0) is 50.6 Å². The normalized spacial score (nSPS) is 32.9. The molecule has 3 heteroatoms. The SMILES string of the molecule is COC(=O)C1CCCC1C1CCNCC1. The molecule has 2 aliphatic rings. The van der Waals surface area contributed by atoms with Crippen molar-refractivity contribution in [3.63, 3.8) is 0 Å². The number of carbonyl (C=O) groups is 1. The van der Waals surface area contributed by atoms with Crippen molar-refractivity contribution in [2.45, 2.75) is 32.1 Å². The molecule has 2 rings (SSSR count). The molecule has 86 valence electrons. The van der Waals surface area contributed by atoms with Crippen LogP contribution in [0, 0.1) is 17.8 Å². The standard InChI is InChI=1S/C12H21NO2/c1-15-12(14)11-4-2-3-10(11)9-5-7-13-8-6-9/h9-11,13H,2-8H2,1H3. The molecule has 2 fully saturated rings. The Hall–Kier alpha value is -0.570. The van der Waals surface area contributed by atoms with Gasteiger partial charge in [0.2, 0.25) is 0 Å². The van der Waals surface area contributed by atoms with E-state index in [9.17, 15) is 4.79 Å². The summed E-state index contributed by atoms with van der Waals surface area (Å²) in [5, 5.41) is 3.38. The summed E-state index contributed by atoms with van der Waals surface area (Å²) in [4.78, 5) is 11.6. The summed E-state index contributed by atoms with van der Waals surface area (Å²) < 4.78 is 4.90. The van der Waals surface area contributed by atoms with Crippen LogP contribution in [-0.4, -0.2) is 26.2 Å². The number of hydrogen-bond donors (Lipinski definition) is 1. The molecular weight excluding hydrogens is 190 g/mol. The molecule has 0 amide bonds. The Morgan fingerprint density at radius 2 is 1.93 bits per heavy atom. The molecular formula is C12H21NO2. The lowest BCUT2D eigenvalue weighted by atomic mass is 9.79. The van der Waals surface area contributed by atoms with E-state index in [1.54, 1.807) is 0 Å². The number of ether oxygens (including phenoxy) is 1. The first kappa shape index (κ1) is 10.9. The van der Waals surface area contributed by atoms with Crippen molar-refractivity contribution in [3.8, 4) is 0 Å². The Kier molecular flexibility index (Phi) is 3.62. The first-order valence-electron chi connectivity index (χ1n) is 6.11. The van der Waals surface area contributed by atoms with Gasteiger partial charge >= 0.3 is 5.97 Å². The number of piperidine rings is 1. The second-order valence-corrected chi connectivity index (χ2v) is 4.81. The fourth-order valence-corrected chi connectivity index (χ4v) is 3.27. The Balaban J connectivity index is 1.97. The van der Waals surface area contributed by atoms with E-state index in [1.165, 1.54) is 32.8 Å². The van der Waals surface area contributed by atoms with Gasteiger partial charge in [0, 0.05) is 0 Å². The molecule has 1 saturated carbocycles. The molecule has 0 spiro atoms. The van der Waals surface area contributed by atoms with Crippen molar-refractivity contribution in [1.82, 2.24) is 5.32 Å². The van der Waals surface area contributed by atoms with Gasteiger partial charge in [-0.25, -0.2) is 0 Å². The number of esters is 1. The second kappa shape index (κ2) is 4.97. The maximum atomic E-state index is 11.6. The maximum Gasteiger partial charge on any atom is 0.308 e. The first-order chi connectivity index (χ1) is 7.33. The van der Waals surface area contributed by atoms with Gasteiger partial charge < -0.3 is 10.1 Å². The summed E-state index contributed by atoms with van der Waals surface area (Å²) in [5.74, 6) is 1.56. The summed E-state index contributed by atoms with van der Waals surface area (Å²) in [6.07, 6.45) is 5.94. The zero-order valence-corrected chi connectivity index (χ0v) is 9.50. The van der Waals surface area contributed by atoms with Gasteiger partial charge in [-0.15, -0.1) is 0 Å². The average Bonchev–Trinajstić information content (AvgIpc) is 2.78. The van der Waals surface area contributed by atoms with E-state index >= 15 is 0 Å². The summed E-state index contributed by atoms with van der Waals surface area (Å²) in [7, 11) is 1.51. The molecule has 2 unspecified atom stereocenters. The van der Waals surface area contributed by atoms with E-state index < -0.39 is 0 Å². The Morgan fingerprint density at radius 3 is 2.60 bits per heavy atom. The smallest absolute Gasteiger partial charge is 0.308 e. The number of carbonyl (C=O) groups excluding carboxylic acids is 1. The lowest BCUT2D eigenvalue weighted by molar-refractivity contribution is -0.147. The highest BCUT2D eigenvalue weighted by molar-refractivity contribution is 5.73. The van der Waals surface area contributed by atoms with E-state index in [4.69, 9.17) is 4.74 Å². The Morgan fingerprint density at radius 1 is 1.20 bits per heavy atom. The van der Waals surface area contributed by atoms with Crippen LogP contribution in [0.25, 0.3) is 0 Å². The number of rotatable bonds is 2. The highest BCUT2D eigenvalue weighted by atomic mass is 16.5. The molecule has 15 heavy (non-hydrogen) atoms. The minimum absolute atomic E-state index is 0.0241. The van der Waals surface area contributed by atoms with Gasteiger partial charge in [-0.1, -0.05) is 6.42 Å². The van der Waals surface area contributed by atoms with Crippen LogP contribution in [0.5, 0.6) is 0 Å². The van der Waals surface area contributed by atoms with Gasteiger partial charge in [0.15, 0.2) is 0 Å². The van der Waals surface area contributed by atoms with E-state index in [-0.39, 0.29) is 11.9 Å². The van der Waals surface area contributed by atoms with Crippen molar-refractivity contribution in [2.75, 3.05) is 20.2 Å². The molecule has 2 atom stereocenters. The molecule has 1 N–H and O–H groups in total. The van der Waals surface area contributed by atoms with Crippen molar-refractivity contribution < 1.29 is 9.53 Å². The van der Waals surface area contributed by atoms with E-state index in [0.717, 1.165) is 25.4 Å². The van der Waals surface area contributed by atoms with E-state index in [2.05, 4.69) is 5.32 Å². The molecule has 0 aromatic carbocycles. The lowest BCUT2D eigenvalue weighted by Crippen LogP contribution is -2.34. The lowest BCUT2D eigenvalue weighted by Gasteiger charge is -2.30. The van der Waals surface area contributed by atoms with Crippen LogP contribution < -0.4 is 5.32 Å². The van der Waals surface area contributed by atoms with Crippen LogP contribution in [0.3, 0.4) is 0 Å².